The molecule has 162 valence electrons. The van der Waals surface area contributed by atoms with Crippen LogP contribution in [0, 0.1) is 0 Å². The van der Waals surface area contributed by atoms with Crippen molar-refractivity contribution in [2.45, 2.75) is 26.1 Å². The smallest absolute Gasteiger partial charge is 0.343 e. The molecule has 0 aliphatic carbocycles. The predicted octanol–water partition coefficient (Wildman–Crippen LogP) is 3.77. The van der Waals surface area contributed by atoms with E-state index in [1.165, 1.54) is 10.9 Å². The summed E-state index contributed by atoms with van der Waals surface area (Å²) in [5, 5.41) is 20.6. The van der Waals surface area contributed by atoms with Crippen molar-refractivity contribution < 1.29 is 19.4 Å². The van der Waals surface area contributed by atoms with Crippen LogP contribution in [-0.2, 0) is 17.8 Å². The number of ether oxygens (including phenoxy) is 1. The molecule has 3 rings (SSSR count). The zero-order valence-corrected chi connectivity index (χ0v) is 17.7. The highest BCUT2D eigenvalue weighted by Crippen LogP contribution is 2.21. The number of nitrogens with one attached hydrogen (secondary N) is 2. The number of hydrogen-bond acceptors (Lipinski definition) is 5. The van der Waals surface area contributed by atoms with E-state index in [1.54, 1.807) is 37.3 Å². The Morgan fingerprint density at radius 3 is 2.68 bits per heavy atom. The van der Waals surface area contributed by atoms with E-state index in [0.717, 1.165) is 5.56 Å². The molecule has 3 aromatic rings. The van der Waals surface area contributed by atoms with E-state index in [4.69, 9.17) is 16.3 Å². The third-order valence-electron chi connectivity index (χ3n) is 4.44. The minimum absolute atomic E-state index is 0.0350. The number of nitrogens with zero attached hydrogens (tertiary/aromatic N) is 2. The number of aromatic nitrogens is 2. The van der Waals surface area contributed by atoms with Gasteiger partial charge in [0.2, 0.25) is 0 Å². The Bertz CT molecular complexity index is 1040. The number of esters is 1. The standard InChI is InChI=1S/C22H23ClN4O4/c1-2-31-21(29)18-13-25-27(14-19(28)16-8-4-3-5-9-16)20(18)26-22(30)24-12-15-7-6-10-17(23)11-15/h3-11,13,19,28H,2,12,14H2,1H3,(H2,24,26,30). The highest BCUT2D eigenvalue weighted by Gasteiger charge is 2.22. The summed E-state index contributed by atoms with van der Waals surface area (Å²) >= 11 is 5.97. The second kappa shape index (κ2) is 10.6. The topological polar surface area (TPSA) is 105 Å². The van der Waals surface area contributed by atoms with Gasteiger partial charge in [0.15, 0.2) is 0 Å². The molecule has 1 atom stereocenters. The van der Waals surface area contributed by atoms with Crippen LogP contribution in [0.15, 0.2) is 60.8 Å². The van der Waals surface area contributed by atoms with Gasteiger partial charge in [-0.15, -0.1) is 0 Å². The van der Waals surface area contributed by atoms with Gasteiger partial charge in [0.05, 0.1) is 25.5 Å². The Morgan fingerprint density at radius 2 is 1.97 bits per heavy atom. The number of benzene rings is 2. The third-order valence-corrected chi connectivity index (χ3v) is 4.67. The molecule has 0 bridgehead atoms. The van der Waals surface area contributed by atoms with Crippen molar-refractivity contribution in [3.8, 4) is 0 Å². The average Bonchev–Trinajstić information content (AvgIpc) is 3.15. The number of aliphatic hydroxyl groups excluding tert-OH is 1. The van der Waals surface area contributed by atoms with E-state index in [0.29, 0.717) is 10.6 Å². The quantitative estimate of drug-likeness (QED) is 0.460. The van der Waals surface area contributed by atoms with Crippen molar-refractivity contribution in [1.29, 1.82) is 0 Å². The molecule has 2 amide bonds. The Balaban J connectivity index is 1.76. The van der Waals surface area contributed by atoms with Crippen molar-refractivity contribution in [2.24, 2.45) is 0 Å². The largest absolute Gasteiger partial charge is 0.462 e. The summed E-state index contributed by atoms with van der Waals surface area (Å²) < 4.78 is 6.42. The zero-order chi connectivity index (χ0) is 22.2. The second-order valence-electron chi connectivity index (χ2n) is 6.67. The van der Waals surface area contributed by atoms with E-state index in [-0.39, 0.29) is 31.1 Å². The average molecular weight is 443 g/mol. The molecular weight excluding hydrogens is 420 g/mol. The lowest BCUT2D eigenvalue weighted by Crippen LogP contribution is -2.30. The van der Waals surface area contributed by atoms with Gasteiger partial charge in [0.1, 0.15) is 11.4 Å². The first-order chi connectivity index (χ1) is 15.0. The Hall–Kier alpha value is -3.36. The van der Waals surface area contributed by atoms with Crippen molar-refractivity contribution in [3.05, 3.63) is 82.5 Å². The fourth-order valence-corrected chi connectivity index (χ4v) is 3.15. The van der Waals surface area contributed by atoms with Gasteiger partial charge in [-0.1, -0.05) is 54.1 Å². The maximum atomic E-state index is 12.5. The van der Waals surface area contributed by atoms with Crippen LogP contribution in [-0.4, -0.2) is 33.5 Å². The monoisotopic (exact) mass is 442 g/mol. The molecule has 0 saturated carbocycles. The number of hydrogen-bond donors (Lipinski definition) is 3. The normalized spacial score (nSPS) is 11.6. The SMILES string of the molecule is CCOC(=O)c1cnn(CC(O)c2ccccc2)c1NC(=O)NCc1cccc(Cl)c1. The van der Waals surface area contributed by atoms with E-state index >= 15 is 0 Å². The van der Waals surface area contributed by atoms with Crippen LogP contribution in [0.2, 0.25) is 5.02 Å². The van der Waals surface area contributed by atoms with Gasteiger partial charge >= 0.3 is 12.0 Å². The van der Waals surface area contributed by atoms with Crippen LogP contribution in [0.1, 0.15) is 34.5 Å². The number of aliphatic hydroxyl groups is 1. The number of anilines is 1. The van der Waals surface area contributed by atoms with E-state index in [1.807, 2.05) is 24.3 Å². The minimum Gasteiger partial charge on any atom is -0.462 e. The number of rotatable bonds is 8. The first-order valence-electron chi connectivity index (χ1n) is 9.73. The maximum Gasteiger partial charge on any atom is 0.343 e. The zero-order valence-electron chi connectivity index (χ0n) is 16.9. The lowest BCUT2D eigenvalue weighted by atomic mass is 10.1. The van der Waals surface area contributed by atoms with Crippen molar-refractivity contribution in [1.82, 2.24) is 15.1 Å². The molecule has 31 heavy (non-hydrogen) atoms. The van der Waals surface area contributed by atoms with Crippen LogP contribution < -0.4 is 10.6 Å². The highest BCUT2D eigenvalue weighted by molar-refractivity contribution is 6.30. The summed E-state index contributed by atoms with van der Waals surface area (Å²) in [7, 11) is 0. The number of carbonyl (C=O) groups excluding carboxylic acids is 2. The molecule has 9 heteroatoms. The van der Waals surface area contributed by atoms with Gasteiger partial charge in [-0.3, -0.25) is 5.32 Å². The maximum absolute atomic E-state index is 12.5. The van der Waals surface area contributed by atoms with E-state index in [2.05, 4.69) is 15.7 Å². The number of urea groups is 1. The lowest BCUT2D eigenvalue weighted by molar-refractivity contribution is 0.0527. The summed E-state index contributed by atoms with van der Waals surface area (Å²) in [6.07, 6.45) is 0.425. The summed E-state index contributed by atoms with van der Waals surface area (Å²) in [4.78, 5) is 24.8. The van der Waals surface area contributed by atoms with Crippen molar-refractivity contribution in [2.75, 3.05) is 11.9 Å². The number of amides is 2. The van der Waals surface area contributed by atoms with Crippen molar-refractivity contribution >= 4 is 29.4 Å². The summed E-state index contributed by atoms with van der Waals surface area (Å²) in [6, 6.07) is 15.6. The van der Waals surface area contributed by atoms with Crippen molar-refractivity contribution in [3.63, 3.8) is 0 Å². The lowest BCUT2D eigenvalue weighted by Gasteiger charge is -2.15. The molecular formula is C22H23ClN4O4. The van der Waals surface area contributed by atoms with Crippen LogP contribution in [0.4, 0.5) is 10.6 Å². The van der Waals surface area contributed by atoms with Gasteiger partial charge in [-0.05, 0) is 30.2 Å². The highest BCUT2D eigenvalue weighted by atomic mass is 35.5. The summed E-state index contributed by atoms with van der Waals surface area (Å²) in [5.74, 6) is -0.481. The molecule has 0 fully saturated rings. The van der Waals surface area contributed by atoms with E-state index in [9.17, 15) is 14.7 Å². The Labute approximate surface area is 184 Å². The summed E-state index contributed by atoms with van der Waals surface area (Å²) in [6.45, 7) is 2.14. The van der Waals surface area contributed by atoms with Gasteiger partial charge in [-0.2, -0.15) is 5.10 Å². The van der Waals surface area contributed by atoms with E-state index < -0.39 is 18.1 Å². The molecule has 0 aliphatic rings. The molecule has 3 N–H and O–H groups in total. The molecule has 1 aromatic heterocycles. The molecule has 1 heterocycles. The fraction of sp³-hybridized carbons (Fsp3) is 0.227. The third kappa shape index (κ3) is 6.07. The molecule has 0 aliphatic heterocycles. The number of halogens is 1. The van der Waals surface area contributed by atoms with Gasteiger partial charge in [0, 0.05) is 11.6 Å². The van der Waals surface area contributed by atoms with Gasteiger partial charge in [0.25, 0.3) is 0 Å². The van der Waals surface area contributed by atoms with Gasteiger partial charge in [-0.25, -0.2) is 14.3 Å². The Morgan fingerprint density at radius 1 is 1.19 bits per heavy atom. The molecule has 0 spiro atoms. The minimum atomic E-state index is -0.883. The fourth-order valence-electron chi connectivity index (χ4n) is 2.94. The Kier molecular flexibility index (Phi) is 7.64. The predicted molar refractivity (Wildman–Crippen MR) is 117 cm³/mol. The molecule has 0 radical (unpaired) electrons. The van der Waals surface area contributed by atoms with Crippen LogP contribution in [0.3, 0.4) is 0 Å². The molecule has 0 saturated heterocycles. The van der Waals surface area contributed by atoms with Crippen LogP contribution in [0.5, 0.6) is 0 Å². The molecule has 8 nitrogen and oxygen atoms in total. The second-order valence-corrected chi connectivity index (χ2v) is 7.11. The van der Waals surface area contributed by atoms with Crippen LogP contribution in [0.25, 0.3) is 0 Å². The number of carbonyl (C=O) groups is 2. The molecule has 2 aromatic carbocycles. The van der Waals surface area contributed by atoms with Crippen LogP contribution >= 0.6 is 11.6 Å². The van der Waals surface area contributed by atoms with Gasteiger partial charge < -0.3 is 15.2 Å². The first-order valence-corrected chi connectivity index (χ1v) is 10.1. The first kappa shape index (κ1) is 22.3. The molecule has 1 unspecified atom stereocenters. The summed E-state index contributed by atoms with van der Waals surface area (Å²) in [5.41, 5.74) is 1.60.